The van der Waals surface area contributed by atoms with E-state index < -0.39 is 6.56 Å². The van der Waals surface area contributed by atoms with Gasteiger partial charge in [-0.15, -0.1) is 6.42 Å². The summed E-state index contributed by atoms with van der Waals surface area (Å²) in [4.78, 5) is 8.66. The van der Waals surface area contributed by atoms with Crippen molar-refractivity contribution in [3.63, 3.8) is 0 Å². The lowest BCUT2D eigenvalue weighted by Crippen LogP contribution is -2.09. The molecule has 1 aromatic heterocycles. The number of terminal acetylenes is 1. The highest BCUT2D eigenvalue weighted by Gasteiger charge is 2.13. The lowest BCUT2D eigenvalue weighted by molar-refractivity contribution is 0.132. The third-order valence-corrected chi connectivity index (χ3v) is 3.97. The molecular formula is C22H23N3O4. The monoisotopic (exact) mass is 395 g/mol. The Hall–Kier alpha value is -3.34. The van der Waals surface area contributed by atoms with Crippen LogP contribution in [0.15, 0.2) is 42.7 Å². The minimum Gasteiger partial charge on any atom is -0.487 e. The summed E-state index contributed by atoms with van der Waals surface area (Å²) in [5, 5.41) is 3.91. The van der Waals surface area contributed by atoms with Crippen LogP contribution in [0.3, 0.4) is 0 Å². The average molecular weight is 395 g/mol. The van der Waals surface area contributed by atoms with Crippen LogP contribution in [0.5, 0.6) is 11.5 Å². The molecule has 1 N–H and O–H groups in total. The van der Waals surface area contributed by atoms with Gasteiger partial charge >= 0.3 is 0 Å². The fraction of sp³-hybridized carbons (Fsp3) is 0.273. The minimum absolute atomic E-state index is 0.296. The Kier molecular flexibility index (Phi) is 6.28. The van der Waals surface area contributed by atoms with Gasteiger partial charge in [-0.2, -0.15) is 0 Å². The summed E-state index contributed by atoms with van der Waals surface area (Å²) < 4.78 is 36.8. The Morgan fingerprint density at radius 2 is 1.86 bits per heavy atom. The average Bonchev–Trinajstić information content (AvgIpc) is 2.78. The molecule has 0 spiro atoms. The molecule has 29 heavy (non-hydrogen) atoms. The van der Waals surface area contributed by atoms with Crippen molar-refractivity contribution in [1.29, 1.82) is 0 Å². The molecule has 0 radical (unpaired) electrons. The topological polar surface area (TPSA) is 74.7 Å². The molecule has 7 heteroatoms. The summed E-state index contributed by atoms with van der Waals surface area (Å²) >= 11 is 0. The molecule has 1 heterocycles. The quantitative estimate of drug-likeness (QED) is 0.416. The number of benzene rings is 2. The van der Waals surface area contributed by atoms with Gasteiger partial charge in [-0.05, 0) is 24.3 Å². The molecule has 0 aliphatic carbocycles. The van der Waals surface area contributed by atoms with Crippen LogP contribution in [-0.4, -0.2) is 50.6 Å². The van der Waals surface area contributed by atoms with E-state index in [0.29, 0.717) is 41.4 Å². The van der Waals surface area contributed by atoms with Crippen LogP contribution in [0.2, 0.25) is 0 Å². The Bertz CT molecular complexity index is 1090. The zero-order valence-corrected chi connectivity index (χ0v) is 16.3. The Labute approximate surface area is 172 Å². The molecule has 0 amide bonds. The van der Waals surface area contributed by atoms with E-state index in [4.69, 9.17) is 28.1 Å². The molecule has 150 valence electrons. The molecular weight excluding hydrogens is 370 g/mol. The molecule has 0 bridgehead atoms. The summed E-state index contributed by atoms with van der Waals surface area (Å²) in [6.45, 7) is -1.60. The smallest absolute Gasteiger partial charge is 0.163 e. The molecule has 0 aliphatic heterocycles. The van der Waals surface area contributed by atoms with Gasteiger partial charge in [-0.1, -0.05) is 12.0 Å². The molecule has 0 saturated heterocycles. The number of methoxy groups -OCH3 is 2. The number of aromatic nitrogens is 2. The first kappa shape index (κ1) is 17.7. The van der Waals surface area contributed by atoms with Crippen molar-refractivity contribution in [3.8, 4) is 23.8 Å². The zero-order chi connectivity index (χ0) is 22.3. The van der Waals surface area contributed by atoms with Gasteiger partial charge in [0.25, 0.3) is 0 Å². The van der Waals surface area contributed by atoms with Crippen LogP contribution in [0, 0.1) is 12.3 Å². The second-order valence-electron chi connectivity index (χ2n) is 5.87. The SMILES string of the molecule is [2H]C([2H])(COc1cc2c(Nc3cccc(C#C)c3)ncnc2cc1OCCOC)OC. The van der Waals surface area contributed by atoms with E-state index in [1.54, 1.807) is 19.2 Å². The van der Waals surface area contributed by atoms with Crippen molar-refractivity contribution in [3.05, 3.63) is 48.3 Å². The third kappa shape index (κ3) is 5.35. The van der Waals surface area contributed by atoms with Crippen LogP contribution in [-0.2, 0) is 9.47 Å². The fourth-order valence-electron chi connectivity index (χ4n) is 2.61. The van der Waals surface area contributed by atoms with Crippen LogP contribution < -0.4 is 14.8 Å². The zero-order valence-electron chi connectivity index (χ0n) is 18.3. The van der Waals surface area contributed by atoms with E-state index in [9.17, 15) is 0 Å². The first-order valence-electron chi connectivity index (χ1n) is 9.88. The first-order chi connectivity index (χ1) is 15.0. The summed E-state index contributed by atoms with van der Waals surface area (Å²) in [5.41, 5.74) is 2.14. The number of anilines is 2. The van der Waals surface area contributed by atoms with E-state index in [1.165, 1.54) is 13.4 Å². The number of nitrogens with zero attached hydrogens (tertiary/aromatic N) is 2. The molecule has 0 unspecified atom stereocenters. The lowest BCUT2D eigenvalue weighted by Gasteiger charge is -2.15. The van der Waals surface area contributed by atoms with Crippen LogP contribution >= 0.6 is 0 Å². The van der Waals surface area contributed by atoms with Gasteiger partial charge in [0.1, 0.15) is 25.4 Å². The van der Waals surface area contributed by atoms with Gasteiger partial charge in [-0.3, -0.25) is 0 Å². The van der Waals surface area contributed by atoms with E-state index in [2.05, 4.69) is 21.2 Å². The fourth-order valence-corrected chi connectivity index (χ4v) is 2.61. The maximum absolute atomic E-state index is 7.76. The lowest BCUT2D eigenvalue weighted by atomic mass is 10.2. The summed E-state index contributed by atoms with van der Waals surface area (Å²) in [7, 11) is 2.86. The third-order valence-electron chi connectivity index (χ3n) is 3.97. The van der Waals surface area contributed by atoms with Crippen LogP contribution in [0.4, 0.5) is 11.5 Å². The summed E-state index contributed by atoms with van der Waals surface area (Å²) in [6, 6.07) is 10.8. The van der Waals surface area contributed by atoms with E-state index >= 15 is 0 Å². The Morgan fingerprint density at radius 1 is 1.03 bits per heavy atom. The maximum Gasteiger partial charge on any atom is 0.163 e. The number of hydrogen-bond donors (Lipinski definition) is 1. The number of ether oxygens (including phenoxy) is 4. The second-order valence-corrected chi connectivity index (χ2v) is 5.87. The highest BCUT2D eigenvalue weighted by atomic mass is 16.5. The van der Waals surface area contributed by atoms with Gasteiger partial charge in [0, 0.05) is 36.9 Å². The molecule has 0 atom stereocenters. The predicted molar refractivity (Wildman–Crippen MR) is 112 cm³/mol. The van der Waals surface area contributed by atoms with E-state index in [-0.39, 0.29) is 6.61 Å². The van der Waals surface area contributed by atoms with Gasteiger partial charge in [-0.25, -0.2) is 9.97 Å². The summed E-state index contributed by atoms with van der Waals surface area (Å²) in [6.07, 6.45) is 6.93. The number of rotatable bonds is 10. The molecule has 7 nitrogen and oxygen atoms in total. The highest BCUT2D eigenvalue weighted by Crippen LogP contribution is 2.35. The van der Waals surface area contributed by atoms with Crippen LogP contribution in [0.1, 0.15) is 8.30 Å². The van der Waals surface area contributed by atoms with E-state index in [1.807, 2.05) is 24.3 Å². The van der Waals surface area contributed by atoms with Crippen molar-refractivity contribution < 1.29 is 21.7 Å². The minimum atomic E-state index is -1.96. The first-order valence-corrected chi connectivity index (χ1v) is 8.88. The molecule has 3 aromatic rings. The van der Waals surface area contributed by atoms with Gasteiger partial charge in [0.05, 0.1) is 21.4 Å². The number of hydrogen-bond acceptors (Lipinski definition) is 7. The molecule has 3 rings (SSSR count). The van der Waals surface area contributed by atoms with Gasteiger partial charge in [0.15, 0.2) is 11.5 Å². The molecule has 0 aliphatic rings. The van der Waals surface area contributed by atoms with Crippen molar-refractivity contribution >= 4 is 22.4 Å². The Balaban J connectivity index is 1.98. The van der Waals surface area contributed by atoms with Gasteiger partial charge < -0.3 is 24.3 Å². The second kappa shape index (κ2) is 10.3. The predicted octanol–water partition coefficient (Wildman–Crippen LogP) is 3.41. The van der Waals surface area contributed by atoms with Crippen molar-refractivity contribution in [2.75, 3.05) is 45.9 Å². The van der Waals surface area contributed by atoms with Crippen LogP contribution in [0.25, 0.3) is 10.9 Å². The Morgan fingerprint density at radius 3 is 2.66 bits per heavy atom. The van der Waals surface area contributed by atoms with E-state index in [0.717, 1.165) is 11.3 Å². The van der Waals surface area contributed by atoms with Crippen molar-refractivity contribution in [1.82, 2.24) is 9.97 Å². The number of fused-ring (bicyclic) bond motifs is 1. The standard InChI is InChI=1S/C22H23N3O4/c1-4-16-6-5-7-17(12-16)25-22-18-13-20(28-10-8-26-2)21(29-11-9-27-3)14-19(18)23-15-24-22/h1,5-7,12-15H,8-11H2,2-3H3,(H,23,24,25)/i8D2. The highest BCUT2D eigenvalue weighted by molar-refractivity contribution is 5.93. The molecule has 0 saturated carbocycles. The van der Waals surface area contributed by atoms with Crippen molar-refractivity contribution in [2.24, 2.45) is 0 Å². The molecule has 0 fully saturated rings. The molecule has 2 aromatic carbocycles. The van der Waals surface area contributed by atoms with Crippen molar-refractivity contribution in [2.45, 2.75) is 0 Å². The maximum atomic E-state index is 7.76. The summed E-state index contributed by atoms with van der Waals surface area (Å²) in [5.74, 6) is 3.89. The number of nitrogens with one attached hydrogen (secondary N) is 1. The normalized spacial score (nSPS) is 12.0. The largest absolute Gasteiger partial charge is 0.487 e. The van der Waals surface area contributed by atoms with Gasteiger partial charge in [0.2, 0.25) is 0 Å².